The molecule has 1 saturated heterocycles. The molecule has 1 aromatic heterocycles. The van der Waals surface area contributed by atoms with Gasteiger partial charge in [0.2, 0.25) is 4.74 Å². The molecule has 1 aromatic carbocycles. The highest BCUT2D eigenvalue weighted by atomic mass is 32.1. The molecule has 2 heterocycles. The largest absolute Gasteiger partial charge is 0.378 e. The zero-order valence-electron chi connectivity index (χ0n) is 9.26. The van der Waals surface area contributed by atoms with E-state index < -0.39 is 0 Å². The highest BCUT2D eigenvalue weighted by Crippen LogP contribution is 2.19. The second-order valence-corrected chi connectivity index (χ2v) is 4.84. The van der Waals surface area contributed by atoms with Crippen molar-refractivity contribution in [2.45, 2.75) is 0 Å². The number of morpholine rings is 1. The van der Waals surface area contributed by atoms with Crippen LogP contribution in [0.15, 0.2) is 29.1 Å². The lowest BCUT2D eigenvalue weighted by Crippen LogP contribution is -2.36. The second kappa shape index (κ2) is 4.43. The summed E-state index contributed by atoms with van der Waals surface area (Å²) in [6.07, 6.45) is 0. The maximum Gasteiger partial charge on any atom is 0.245 e. The normalized spacial score (nSPS) is 16.4. The predicted octanol–water partition coefficient (Wildman–Crippen LogP) is 1.49. The Morgan fingerprint density at radius 3 is 2.82 bits per heavy atom. The van der Waals surface area contributed by atoms with Crippen LogP contribution in [0.4, 0.5) is 5.13 Å². The van der Waals surface area contributed by atoms with E-state index in [1.54, 1.807) is 0 Å². The average Bonchev–Trinajstić information content (AvgIpc) is 2.40. The molecule has 5 heteroatoms. The number of anilines is 1. The van der Waals surface area contributed by atoms with Gasteiger partial charge in [0.05, 0.1) is 24.1 Å². The molecule has 0 aliphatic carbocycles. The van der Waals surface area contributed by atoms with Crippen LogP contribution in [0.3, 0.4) is 0 Å². The molecule has 0 amide bonds. The van der Waals surface area contributed by atoms with E-state index in [9.17, 15) is 4.79 Å². The summed E-state index contributed by atoms with van der Waals surface area (Å²) in [6, 6.07) is 7.48. The standard InChI is InChI=1S/C12H12N2O2S/c15-11-9-3-1-2-4-10(9)13-12(17-11)14-5-7-16-8-6-14/h1-4H,5-8H2. The highest BCUT2D eigenvalue weighted by molar-refractivity contribution is 7.13. The first-order chi connectivity index (χ1) is 8.34. The van der Waals surface area contributed by atoms with Crippen molar-refractivity contribution < 1.29 is 4.74 Å². The van der Waals surface area contributed by atoms with Gasteiger partial charge in [-0.1, -0.05) is 23.5 Å². The molecule has 17 heavy (non-hydrogen) atoms. The van der Waals surface area contributed by atoms with Crippen LogP contribution in [0.5, 0.6) is 0 Å². The van der Waals surface area contributed by atoms with Crippen LogP contribution < -0.4 is 9.64 Å². The number of hydrogen-bond donors (Lipinski definition) is 0. The Morgan fingerprint density at radius 1 is 1.24 bits per heavy atom. The van der Waals surface area contributed by atoms with Gasteiger partial charge in [-0.2, -0.15) is 0 Å². The van der Waals surface area contributed by atoms with Crippen LogP contribution in [0.1, 0.15) is 0 Å². The Hall–Kier alpha value is -1.46. The fraction of sp³-hybridized carbons (Fsp3) is 0.333. The van der Waals surface area contributed by atoms with E-state index >= 15 is 0 Å². The third kappa shape index (κ3) is 2.03. The first-order valence-corrected chi connectivity index (χ1v) is 6.39. The third-order valence-corrected chi connectivity index (χ3v) is 3.74. The Balaban J connectivity index is 2.08. The van der Waals surface area contributed by atoms with Crippen LogP contribution in [0.25, 0.3) is 10.9 Å². The zero-order valence-corrected chi connectivity index (χ0v) is 10.1. The summed E-state index contributed by atoms with van der Waals surface area (Å²) < 4.78 is 5.38. The maximum atomic E-state index is 12.0. The van der Waals surface area contributed by atoms with Crippen LogP contribution in [0, 0.1) is 0 Å². The summed E-state index contributed by atoms with van der Waals surface area (Å²) >= 11 is 1.22. The smallest absolute Gasteiger partial charge is 0.245 e. The van der Waals surface area contributed by atoms with Gasteiger partial charge in [0, 0.05) is 13.1 Å². The van der Waals surface area contributed by atoms with Crippen molar-refractivity contribution in [1.82, 2.24) is 4.98 Å². The Kier molecular flexibility index (Phi) is 2.78. The van der Waals surface area contributed by atoms with Gasteiger partial charge in [-0.05, 0) is 12.1 Å². The van der Waals surface area contributed by atoms with Crippen LogP contribution in [0.2, 0.25) is 0 Å². The lowest BCUT2D eigenvalue weighted by molar-refractivity contribution is 0.122. The molecule has 0 N–H and O–H groups in total. The van der Waals surface area contributed by atoms with E-state index in [2.05, 4.69) is 9.88 Å². The third-order valence-electron chi connectivity index (χ3n) is 2.81. The van der Waals surface area contributed by atoms with E-state index in [0.717, 1.165) is 23.7 Å². The summed E-state index contributed by atoms with van der Waals surface area (Å²) in [7, 11) is 0. The summed E-state index contributed by atoms with van der Waals surface area (Å²) in [6.45, 7) is 3.02. The van der Waals surface area contributed by atoms with Gasteiger partial charge in [-0.15, -0.1) is 0 Å². The molecular weight excluding hydrogens is 236 g/mol. The number of rotatable bonds is 1. The number of ether oxygens (including phenoxy) is 1. The van der Waals surface area contributed by atoms with E-state index in [1.807, 2.05) is 24.3 Å². The monoisotopic (exact) mass is 248 g/mol. The number of nitrogens with zero attached hydrogens (tertiary/aromatic N) is 2. The van der Waals surface area contributed by atoms with Crippen molar-refractivity contribution in [1.29, 1.82) is 0 Å². The minimum atomic E-state index is 0.0806. The van der Waals surface area contributed by atoms with Crippen molar-refractivity contribution in [3.8, 4) is 0 Å². The molecule has 4 nitrogen and oxygen atoms in total. The van der Waals surface area contributed by atoms with Gasteiger partial charge >= 0.3 is 0 Å². The summed E-state index contributed by atoms with van der Waals surface area (Å²) in [4.78, 5) is 18.6. The van der Waals surface area contributed by atoms with Crippen molar-refractivity contribution in [3.05, 3.63) is 33.8 Å². The summed E-state index contributed by atoms with van der Waals surface area (Å²) in [5.74, 6) is 0. The molecule has 0 unspecified atom stereocenters. The molecule has 0 atom stereocenters. The van der Waals surface area contributed by atoms with Crippen LogP contribution in [-0.4, -0.2) is 31.3 Å². The van der Waals surface area contributed by atoms with E-state index in [0.29, 0.717) is 18.6 Å². The number of fused-ring (bicyclic) bond motifs is 1. The fourth-order valence-corrected chi connectivity index (χ4v) is 2.80. The predicted molar refractivity (Wildman–Crippen MR) is 68.9 cm³/mol. The minimum Gasteiger partial charge on any atom is -0.378 e. The van der Waals surface area contributed by atoms with E-state index in [-0.39, 0.29) is 4.74 Å². The van der Waals surface area contributed by atoms with Crippen LogP contribution in [-0.2, 0) is 4.74 Å². The number of benzene rings is 1. The first kappa shape index (κ1) is 10.7. The molecular formula is C12H12N2O2S. The average molecular weight is 248 g/mol. The van der Waals surface area contributed by atoms with Gasteiger partial charge in [-0.25, -0.2) is 4.98 Å². The lowest BCUT2D eigenvalue weighted by Gasteiger charge is -2.26. The SMILES string of the molecule is O=c1sc(N2CCOCC2)nc2ccccc12. The Morgan fingerprint density at radius 2 is 2.00 bits per heavy atom. The molecule has 1 aliphatic heterocycles. The second-order valence-electron chi connectivity index (χ2n) is 3.90. The molecule has 3 rings (SSSR count). The highest BCUT2D eigenvalue weighted by Gasteiger charge is 2.14. The van der Waals surface area contributed by atoms with Gasteiger partial charge in [0.15, 0.2) is 5.13 Å². The summed E-state index contributed by atoms with van der Waals surface area (Å²) in [5.41, 5.74) is 0.776. The molecule has 0 spiro atoms. The van der Waals surface area contributed by atoms with Gasteiger partial charge in [-0.3, -0.25) is 4.79 Å². The number of para-hydroxylation sites is 1. The molecule has 1 aliphatic rings. The van der Waals surface area contributed by atoms with Crippen LogP contribution >= 0.6 is 11.3 Å². The molecule has 2 aromatic rings. The molecule has 0 saturated carbocycles. The maximum absolute atomic E-state index is 12.0. The van der Waals surface area contributed by atoms with E-state index in [1.165, 1.54) is 11.3 Å². The first-order valence-electron chi connectivity index (χ1n) is 5.57. The van der Waals surface area contributed by atoms with Gasteiger partial charge in [0.1, 0.15) is 0 Å². The minimum absolute atomic E-state index is 0.0806. The molecule has 88 valence electrons. The quantitative estimate of drug-likeness (QED) is 0.767. The zero-order chi connectivity index (χ0) is 11.7. The van der Waals surface area contributed by atoms with Crippen molar-refractivity contribution in [2.24, 2.45) is 0 Å². The number of hydrogen-bond acceptors (Lipinski definition) is 5. The molecule has 1 fully saturated rings. The van der Waals surface area contributed by atoms with Crippen molar-refractivity contribution in [2.75, 3.05) is 31.2 Å². The fourth-order valence-electron chi connectivity index (χ4n) is 1.90. The molecule has 0 radical (unpaired) electrons. The molecule has 0 bridgehead atoms. The number of aromatic nitrogens is 1. The van der Waals surface area contributed by atoms with Gasteiger partial charge < -0.3 is 9.64 Å². The van der Waals surface area contributed by atoms with Crippen molar-refractivity contribution in [3.63, 3.8) is 0 Å². The van der Waals surface area contributed by atoms with Crippen molar-refractivity contribution >= 4 is 27.4 Å². The topological polar surface area (TPSA) is 42.4 Å². The van der Waals surface area contributed by atoms with E-state index in [4.69, 9.17) is 4.74 Å². The lowest BCUT2D eigenvalue weighted by atomic mass is 10.3. The Bertz CT molecular complexity index is 590. The Labute approximate surface area is 102 Å². The van der Waals surface area contributed by atoms with Gasteiger partial charge in [0.25, 0.3) is 0 Å². The summed E-state index contributed by atoms with van der Waals surface area (Å²) in [5, 5.41) is 1.51.